The number of rotatable bonds is 4. The fourth-order valence-electron chi connectivity index (χ4n) is 4.96. The number of carbonyl (C=O) groups excluding carboxylic acids is 1. The van der Waals surface area contributed by atoms with Gasteiger partial charge in [-0.05, 0) is 74.5 Å². The average Bonchev–Trinajstić information content (AvgIpc) is 2.48. The lowest BCUT2D eigenvalue weighted by Gasteiger charge is -2.46. The maximum absolute atomic E-state index is 12.8. The summed E-state index contributed by atoms with van der Waals surface area (Å²) in [6, 6.07) is 4.35. The zero-order chi connectivity index (χ0) is 23.1. The van der Waals surface area contributed by atoms with Gasteiger partial charge in [0.2, 0.25) is 5.91 Å². The van der Waals surface area contributed by atoms with Gasteiger partial charge in [0, 0.05) is 23.5 Å². The van der Waals surface area contributed by atoms with Gasteiger partial charge in [0.1, 0.15) is 5.75 Å². The molecule has 1 aliphatic rings. The van der Waals surface area contributed by atoms with E-state index in [0.29, 0.717) is 18.6 Å². The number of amides is 1. The minimum atomic E-state index is -0.158. The van der Waals surface area contributed by atoms with Crippen molar-refractivity contribution in [1.29, 1.82) is 0 Å². The second-order valence-electron chi connectivity index (χ2n) is 12.6. The van der Waals surface area contributed by atoms with Crippen molar-refractivity contribution in [1.82, 2.24) is 10.6 Å². The highest BCUT2D eigenvalue weighted by molar-refractivity contribution is 5.76. The fourth-order valence-corrected chi connectivity index (χ4v) is 4.96. The number of hydrogen-bond donors (Lipinski definition) is 3. The molecule has 0 bridgehead atoms. The van der Waals surface area contributed by atoms with Crippen molar-refractivity contribution in [3.05, 3.63) is 28.8 Å². The molecular weight excluding hydrogens is 372 g/mol. The molecule has 1 fully saturated rings. The van der Waals surface area contributed by atoms with Crippen LogP contribution in [0.4, 0.5) is 0 Å². The van der Waals surface area contributed by atoms with Crippen molar-refractivity contribution >= 4 is 5.91 Å². The minimum Gasteiger partial charge on any atom is -0.507 e. The van der Waals surface area contributed by atoms with Gasteiger partial charge in [-0.2, -0.15) is 0 Å². The lowest BCUT2D eigenvalue weighted by atomic mass is 9.78. The fraction of sp³-hybridized carbons (Fsp3) is 0.731. The molecule has 0 radical (unpaired) electrons. The molecule has 30 heavy (non-hydrogen) atoms. The van der Waals surface area contributed by atoms with E-state index in [-0.39, 0.29) is 33.9 Å². The van der Waals surface area contributed by atoms with Crippen LogP contribution in [0, 0.1) is 0 Å². The Hall–Kier alpha value is -1.55. The van der Waals surface area contributed by atoms with E-state index in [1.807, 2.05) is 0 Å². The number of benzene rings is 1. The van der Waals surface area contributed by atoms with Gasteiger partial charge in [-0.25, -0.2) is 0 Å². The van der Waals surface area contributed by atoms with Gasteiger partial charge in [0.25, 0.3) is 0 Å². The average molecular weight is 417 g/mol. The van der Waals surface area contributed by atoms with Gasteiger partial charge in [-0.1, -0.05) is 53.7 Å². The van der Waals surface area contributed by atoms with Crippen LogP contribution in [-0.2, 0) is 22.0 Å². The molecule has 1 aromatic carbocycles. The van der Waals surface area contributed by atoms with E-state index in [2.05, 4.69) is 92.0 Å². The summed E-state index contributed by atoms with van der Waals surface area (Å²) < 4.78 is 0. The summed E-state index contributed by atoms with van der Waals surface area (Å²) >= 11 is 0. The van der Waals surface area contributed by atoms with Crippen LogP contribution in [0.1, 0.15) is 105 Å². The highest BCUT2D eigenvalue weighted by atomic mass is 16.3. The quantitative estimate of drug-likeness (QED) is 0.620. The van der Waals surface area contributed by atoms with Crippen LogP contribution < -0.4 is 10.6 Å². The largest absolute Gasteiger partial charge is 0.507 e. The van der Waals surface area contributed by atoms with Crippen LogP contribution in [0.15, 0.2) is 12.1 Å². The number of hydrogen-bond acceptors (Lipinski definition) is 3. The summed E-state index contributed by atoms with van der Waals surface area (Å²) in [7, 11) is 0. The van der Waals surface area contributed by atoms with Crippen molar-refractivity contribution in [3.63, 3.8) is 0 Å². The van der Waals surface area contributed by atoms with Crippen LogP contribution in [0.3, 0.4) is 0 Å². The number of aromatic hydroxyl groups is 1. The number of phenols is 1. The smallest absolute Gasteiger partial charge is 0.220 e. The monoisotopic (exact) mass is 416 g/mol. The Kier molecular flexibility index (Phi) is 6.74. The number of carbonyl (C=O) groups is 1. The van der Waals surface area contributed by atoms with E-state index in [4.69, 9.17) is 0 Å². The number of aryl methyl sites for hydroxylation is 1. The first-order valence-corrected chi connectivity index (χ1v) is 11.4. The second kappa shape index (κ2) is 8.18. The molecule has 0 atom stereocenters. The summed E-state index contributed by atoms with van der Waals surface area (Å²) in [4.78, 5) is 12.8. The van der Waals surface area contributed by atoms with E-state index < -0.39 is 0 Å². The highest BCUT2D eigenvalue weighted by Gasteiger charge is 2.38. The Morgan fingerprint density at radius 3 is 1.83 bits per heavy atom. The van der Waals surface area contributed by atoms with Crippen LogP contribution in [0.5, 0.6) is 5.75 Å². The SMILES string of the molecule is CC1(C)CC(NC(=O)CCc2cc(C(C)(C)C)c(O)c(C(C)(C)C)c2)CC(C)(C)N1. The molecule has 0 aromatic heterocycles. The number of piperidine rings is 1. The normalized spacial score (nSPS) is 19.5. The molecule has 1 saturated heterocycles. The van der Waals surface area contributed by atoms with Gasteiger partial charge < -0.3 is 15.7 Å². The molecule has 4 heteroatoms. The molecule has 3 N–H and O–H groups in total. The lowest BCUT2D eigenvalue weighted by Crippen LogP contribution is -2.62. The van der Waals surface area contributed by atoms with Crippen LogP contribution in [0.25, 0.3) is 0 Å². The summed E-state index contributed by atoms with van der Waals surface area (Å²) in [5.74, 6) is 0.499. The molecular formula is C26H44N2O2. The molecule has 1 heterocycles. The summed E-state index contributed by atoms with van der Waals surface area (Å²) in [5.41, 5.74) is 2.73. The number of nitrogens with one attached hydrogen (secondary N) is 2. The van der Waals surface area contributed by atoms with Gasteiger partial charge in [0.15, 0.2) is 0 Å². The topological polar surface area (TPSA) is 61.4 Å². The third-order valence-electron chi connectivity index (χ3n) is 5.98. The van der Waals surface area contributed by atoms with Crippen LogP contribution >= 0.6 is 0 Å². The molecule has 170 valence electrons. The molecule has 1 aromatic rings. The molecule has 1 amide bonds. The molecule has 1 aliphatic heterocycles. The maximum atomic E-state index is 12.8. The van der Waals surface area contributed by atoms with Crippen molar-refractivity contribution in [2.75, 3.05) is 0 Å². The Bertz CT molecular complexity index is 728. The summed E-state index contributed by atoms with van der Waals surface area (Å²) in [6.45, 7) is 21.5. The third-order valence-corrected chi connectivity index (χ3v) is 5.98. The van der Waals surface area contributed by atoms with E-state index in [9.17, 15) is 9.90 Å². The summed E-state index contributed by atoms with van der Waals surface area (Å²) in [6.07, 6.45) is 3.01. The summed E-state index contributed by atoms with van der Waals surface area (Å²) in [5, 5.41) is 17.8. The van der Waals surface area contributed by atoms with E-state index in [1.54, 1.807) is 0 Å². The Balaban J connectivity index is 2.14. The van der Waals surface area contributed by atoms with Gasteiger partial charge in [0.05, 0.1) is 0 Å². The van der Waals surface area contributed by atoms with Crippen molar-refractivity contribution in [2.45, 2.75) is 123 Å². The lowest BCUT2D eigenvalue weighted by molar-refractivity contribution is -0.122. The maximum Gasteiger partial charge on any atom is 0.220 e. The highest BCUT2D eigenvalue weighted by Crippen LogP contribution is 2.40. The molecule has 0 saturated carbocycles. The molecule has 2 rings (SSSR count). The molecule has 0 aliphatic carbocycles. The van der Waals surface area contributed by atoms with E-state index in [0.717, 1.165) is 29.5 Å². The zero-order valence-corrected chi connectivity index (χ0v) is 20.9. The van der Waals surface area contributed by atoms with Gasteiger partial charge in [-0.3, -0.25) is 4.79 Å². The van der Waals surface area contributed by atoms with Crippen molar-refractivity contribution < 1.29 is 9.90 Å². The molecule has 4 nitrogen and oxygen atoms in total. The van der Waals surface area contributed by atoms with Gasteiger partial charge >= 0.3 is 0 Å². The van der Waals surface area contributed by atoms with E-state index in [1.165, 1.54) is 0 Å². The predicted octanol–water partition coefficient (Wildman–Crippen LogP) is 5.35. The second-order valence-corrected chi connectivity index (χ2v) is 12.6. The van der Waals surface area contributed by atoms with Crippen LogP contribution in [-0.4, -0.2) is 28.1 Å². The predicted molar refractivity (Wildman–Crippen MR) is 126 cm³/mol. The van der Waals surface area contributed by atoms with Crippen molar-refractivity contribution in [3.8, 4) is 5.75 Å². The Labute approximate surface area is 184 Å². The van der Waals surface area contributed by atoms with E-state index >= 15 is 0 Å². The Morgan fingerprint density at radius 1 is 1.00 bits per heavy atom. The van der Waals surface area contributed by atoms with Crippen molar-refractivity contribution in [2.24, 2.45) is 0 Å². The van der Waals surface area contributed by atoms with Crippen LogP contribution in [0.2, 0.25) is 0 Å². The molecule has 0 spiro atoms. The first kappa shape index (κ1) is 24.7. The Morgan fingerprint density at radius 2 is 1.43 bits per heavy atom. The first-order chi connectivity index (χ1) is 13.4. The first-order valence-electron chi connectivity index (χ1n) is 11.4. The zero-order valence-electron chi connectivity index (χ0n) is 20.9. The number of phenolic OH excluding ortho intramolecular Hbond substituents is 1. The minimum absolute atomic E-state index is 0.0138. The third kappa shape index (κ3) is 6.47. The molecule has 0 unspecified atom stereocenters. The van der Waals surface area contributed by atoms with Gasteiger partial charge in [-0.15, -0.1) is 0 Å². The standard InChI is InChI=1S/C26H44N2O2/c1-23(2,3)19-13-17(14-20(22(19)30)24(4,5)6)11-12-21(29)27-18-15-25(7,8)28-26(9,10)16-18/h13-14,18,28,30H,11-12,15-16H2,1-10H3,(H,27,29).